The van der Waals surface area contributed by atoms with E-state index < -0.39 is 21.8 Å². The quantitative estimate of drug-likeness (QED) is 0.370. The van der Waals surface area contributed by atoms with E-state index in [1.54, 1.807) is 24.3 Å². The zero-order valence-corrected chi connectivity index (χ0v) is 20.2. The number of rotatable bonds is 10. The van der Waals surface area contributed by atoms with Crippen LogP contribution in [0.25, 0.3) is 0 Å². The molecule has 3 aromatic rings. The van der Waals surface area contributed by atoms with Crippen LogP contribution in [0, 0.1) is 0 Å². The summed E-state index contributed by atoms with van der Waals surface area (Å²) >= 11 is 0. The Morgan fingerprint density at radius 1 is 0.743 bits per heavy atom. The number of sulfonamides is 1. The Morgan fingerprint density at radius 3 is 2.03 bits per heavy atom. The van der Waals surface area contributed by atoms with E-state index in [1.165, 1.54) is 30.3 Å². The maximum Gasteiger partial charge on any atom is 0.269 e. The van der Waals surface area contributed by atoms with Crippen LogP contribution in [0.2, 0.25) is 0 Å². The summed E-state index contributed by atoms with van der Waals surface area (Å²) in [5.74, 6) is -0.326. The van der Waals surface area contributed by atoms with Crippen molar-refractivity contribution in [3.05, 3.63) is 89.5 Å². The number of hydrogen-bond donors (Lipinski definition) is 3. The third-order valence-corrected chi connectivity index (χ3v) is 6.21. The molecule has 2 amide bonds. The maximum absolute atomic E-state index is 12.7. The summed E-state index contributed by atoms with van der Waals surface area (Å²) in [4.78, 5) is 25.0. The summed E-state index contributed by atoms with van der Waals surface area (Å²) in [6.07, 6.45) is 0. The van der Waals surface area contributed by atoms with Crippen molar-refractivity contribution in [1.29, 1.82) is 0 Å². The second kappa shape index (κ2) is 12.0. The highest BCUT2D eigenvalue weighted by atomic mass is 32.2. The molecule has 0 aromatic heterocycles. The number of ether oxygens (including phenoxy) is 2. The van der Waals surface area contributed by atoms with Gasteiger partial charge >= 0.3 is 0 Å². The first-order valence-corrected chi connectivity index (χ1v) is 12.5. The summed E-state index contributed by atoms with van der Waals surface area (Å²) in [5.41, 5.74) is 5.74. The van der Waals surface area contributed by atoms with E-state index in [4.69, 9.17) is 9.47 Å². The van der Waals surface area contributed by atoms with Gasteiger partial charge in [-0.1, -0.05) is 36.4 Å². The molecule has 0 atom stereocenters. The standard InChI is InChI=1S/C25H27N3O6S/c1-3-33-22-14-13-20(16-23(22)34-4-2)25(30)28-27-24(29)19-11-8-12-21(15-19)35(31,32)26-17-18-9-6-5-7-10-18/h5-16,26H,3-4,17H2,1-2H3,(H,27,29)(H,28,30). The second-order valence-electron chi connectivity index (χ2n) is 7.27. The minimum Gasteiger partial charge on any atom is -0.490 e. The van der Waals surface area contributed by atoms with Crippen LogP contribution in [0.3, 0.4) is 0 Å². The Hall–Kier alpha value is -3.89. The van der Waals surface area contributed by atoms with Crippen molar-refractivity contribution in [2.45, 2.75) is 25.3 Å². The molecule has 0 aliphatic carbocycles. The number of amides is 2. The summed E-state index contributed by atoms with van der Waals surface area (Å²) in [7, 11) is -3.85. The van der Waals surface area contributed by atoms with Crippen LogP contribution in [0.15, 0.2) is 77.7 Å². The van der Waals surface area contributed by atoms with Crippen LogP contribution < -0.4 is 25.0 Å². The molecule has 0 saturated carbocycles. The van der Waals surface area contributed by atoms with Crippen molar-refractivity contribution in [3.8, 4) is 11.5 Å². The first-order valence-electron chi connectivity index (χ1n) is 11.0. The molecule has 0 unspecified atom stereocenters. The Morgan fingerprint density at radius 2 is 1.37 bits per heavy atom. The summed E-state index contributed by atoms with van der Waals surface area (Å²) in [6, 6.07) is 19.3. The van der Waals surface area contributed by atoms with E-state index >= 15 is 0 Å². The number of benzene rings is 3. The number of carbonyl (C=O) groups excluding carboxylic acids is 2. The van der Waals surface area contributed by atoms with E-state index in [2.05, 4.69) is 15.6 Å². The molecule has 10 heteroatoms. The van der Waals surface area contributed by atoms with Gasteiger partial charge in [-0.05, 0) is 55.8 Å². The van der Waals surface area contributed by atoms with Gasteiger partial charge in [-0.2, -0.15) is 0 Å². The van der Waals surface area contributed by atoms with Crippen molar-refractivity contribution in [2.75, 3.05) is 13.2 Å². The first-order chi connectivity index (χ1) is 16.8. The normalized spacial score (nSPS) is 10.9. The van der Waals surface area contributed by atoms with Gasteiger partial charge in [0, 0.05) is 17.7 Å². The van der Waals surface area contributed by atoms with Crippen LogP contribution in [-0.2, 0) is 16.6 Å². The highest BCUT2D eigenvalue weighted by Crippen LogP contribution is 2.28. The lowest BCUT2D eigenvalue weighted by Gasteiger charge is -2.13. The van der Waals surface area contributed by atoms with Gasteiger partial charge in [-0.15, -0.1) is 0 Å². The molecule has 3 aromatic carbocycles. The van der Waals surface area contributed by atoms with E-state index in [0.717, 1.165) is 5.56 Å². The van der Waals surface area contributed by atoms with Gasteiger partial charge in [0.15, 0.2) is 11.5 Å². The number of nitrogens with one attached hydrogen (secondary N) is 3. The molecule has 3 N–H and O–H groups in total. The fourth-order valence-corrected chi connectivity index (χ4v) is 4.18. The number of hydrazine groups is 1. The minimum absolute atomic E-state index is 0.0644. The third-order valence-electron chi connectivity index (χ3n) is 4.81. The van der Waals surface area contributed by atoms with Gasteiger partial charge in [0.05, 0.1) is 18.1 Å². The SMILES string of the molecule is CCOc1ccc(C(=O)NNC(=O)c2cccc(S(=O)(=O)NCc3ccccc3)c2)cc1OCC. The lowest BCUT2D eigenvalue weighted by atomic mass is 10.2. The Balaban J connectivity index is 1.65. The zero-order chi connectivity index (χ0) is 25.3. The molecule has 0 fully saturated rings. The molecular weight excluding hydrogens is 470 g/mol. The fourth-order valence-electron chi connectivity index (χ4n) is 3.11. The highest BCUT2D eigenvalue weighted by Gasteiger charge is 2.17. The monoisotopic (exact) mass is 497 g/mol. The Bertz CT molecular complexity index is 1280. The molecule has 184 valence electrons. The van der Waals surface area contributed by atoms with Crippen molar-refractivity contribution >= 4 is 21.8 Å². The molecule has 0 aliphatic heterocycles. The van der Waals surface area contributed by atoms with E-state index in [-0.39, 0.29) is 22.6 Å². The maximum atomic E-state index is 12.7. The van der Waals surface area contributed by atoms with Gasteiger partial charge < -0.3 is 9.47 Å². The molecule has 0 heterocycles. The molecule has 9 nitrogen and oxygen atoms in total. The number of hydrogen-bond acceptors (Lipinski definition) is 6. The fraction of sp³-hybridized carbons (Fsp3) is 0.200. The topological polar surface area (TPSA) is 123 Å². The first kappa shape index (κ1) is 25.7. The molecule has 0 spiro atoms. The highest BCUT2D eigenvalue weighted by molar-refractivity contribution is 7.89. The predicted octanol–water partition coefficient (Wildman–Crippen LogP) is 3.04. The molecule has 0 saturated heterocycles. The van der Waals surface area contributed by atoms with Crippen molar-refractivity contribution in [1.82, 2.24) is 15.6 Å². The van der Waals surface area contributed by atoms with Gasteiger partial charge in [-0.25, -0.2) is 13.1 Å². The van der Waals surface area contributed by atoms with E-state index in [1.807, 2.05) is 32.0 Å². The van der Waals surface area contributed by atoms with Crippen molar-refractivity contribution < 1.29 is 27.5 Å². The molecular formula is C25H27N3O6S. The van der Waals surface area contributed by atoms with Crippen LogP contribution in [-0.4, -0.2) is 33.4 Å². The van der Waals surface area contributed by atoms with Gasteiger partial charge in [0.2, 0.25) is 10.0 Å². The predicted molar refractivity (Wildman–Crippen MR) is 131 cm³/mol. The average molecular weight is 498 g/mol. The van der Waals surface area contributed by atoms with Gasteiger partial charge in [0.25, 0.3) is 11.8 Å². The van der Waals surface area contributed by atoms with Crippen molar-refractivity contribution in [2.24, 2.45) is 0 Å². The summed E-state index contributed by atoms with van der Waals surface area (Å²) < 4.78 is 38.8. The van der Waals surface area contributed by atoms with E-state index in [0.29, 0.717) is 24.7 Å². The largest absolute Gasteiger partial charge is 0.490 e. The van der Waals surface area contributed by atoms with E-state index in [9.17, 15) is 18.0 Å². The zero-order valence-electron chi connectivity index (χ0n) is 19.4. The van der Waals surface area contributed by atoms with Gasteiger partial charge in [-0.3, -0.25) is 20.4 Å². The van der Waals surface area contributed by atoms with Crippen LogP contribution in [0.4, 0.5) is 0 Å². The molecule has 3 rings (SSSR count). The molecule has 0 radical (unpaired) electrons. The van der Waals surface area contributed by atoms with Crippen LogP contribution in [0.5, 0.6) is 11.5 Å². The van der Waals surface area contributed by atoms with Crippen molar-refractivity contribution in [3.63, 3.8) is 0 Å². The Kier molecular flexibility index (Phi) is 8.82. The average Bonchev–Trinajstić information content (AvgIpc) is 2.88. The lowest BCUT2D eigenvalue weighted by Crippen LogP contribution is -2.41. The third kappa shape index (κ3) is 7.05. The molecule has 0 bridgehead atoms. The minimum atomic E-state index is -3.85. The Labute approximate surface area is 204 Å². The smallest absolute Gasteiger partial charge is 0.269 e. The second-order valence-corrected chi connectivity index (χ2v) is 9.04. The van der Waals surface area contributed by atoms with Crippen LogP contribution in [0.1, 0.15) is 40.1 Å². The van der Waals surface area contributed by atoms with Crippen LogP contribution >= 0.6 is 0 Å². The molecule has 0 aliphatic rings. The lowest BCUT2D eigenvalue weighted by molar-refractivity contribution is 0.0846. The van der Waals surface area contributed by atoms with Gasteiger partial charge in [0.1, 0.15) is 0 Å². The summed E-state index contributed by atoms with van der Waals surface area (Å²) in [6.45, 7) is 4.60. The summed E-state index contributed by atoms with van der Waals surface area (Å²) in [5, 5.41) is 0. The molecule has 35 heavy (non-hydrogen) atoms. The number of carbonyl (C=O) groups is 2.